The summed E-state index contributed by atoms with van der Waals surface area (Å²) >= 11 is 0. The maximum absolute atomic E-state index is 9.00. The van der Waals surface area contributed by atoms with Gasteiger partial charge >= 0.3 is 0 Å². The molecule has 1 N–H and O–H groups in total. The summed E-state index contributed by atoms with van der Waals surface area (Å²) in [7, 11) is 0. The highest BCUT2D eigenvalue weighted by Crippen LogP contribution is 2.07. The van der Waals surface area contributed by atoms with Crippen molar-refractivity contribution in [1.29, 1.82) is 0 Å². The molecular weight excluding hydrogens is 166 g/mol. The highest BCUT2D eigenvalue weighted by molar-refractivity contribution is 5.62. The average molecular weight is 185 g/mol. The second-order valence-electron chi connectivity index (χ2n) is 3.17. The molecule has 0 amide bonds. The molecule has 3 nitrogen and oxygen atoms in total. The van der Waals surface area contributed by atoms with Gasteiger partial charge < -0.3 is 5.11 Å². The highest BCUT2D eigenvalue weighted by atomic mass is 16.4. The van der Waals surface area contributed by atoms with Gasteiger partial charge in [-0.1, -0.05) is 12.5 Å². The molecule has 0 bridgehead atoms. The van der Waals surface area contributed by atoms with Crippen molar-refractivity contribution >= 4 is 5.97 Å². The van der Waals surface area contributed by atoms with Gasteiger partial charge in [-0.3, -0.25) is 9.69 Å². The number of nitrogens with zero attached hydrogens (tertiary/aromatic N) is 1. The van der Waals surface area contributed by atoms with Crippen LogP contribution in [0.3, 0.4) is 0 Å². The van der Waals surface area contributed by atoms with Gasteiger partial charge in [0.15, 0.2) is 0 Å². The quantitative estimate of drug-likeness (QED) is 0.666. The topological polar surface area (TPSA) is 40.5 Å². The van der Waals surface area contributed by atoms with Crippen molar-refractivity contribution < 1.29 is 9.90 Å². The van der Waals surface area contributed by atoms with Crippen LogP contribution in [0.2, 0.25) is 0 Å². The third-order valence-corrected chi connectivity index (χ3v) is 1.84. The van der Waals surface area contributed by atoms with Gasteiger partial charge in [0.1, 0.15) is 0 Å². The zero-order valence-electron chi connectivity index (χ0n) is 8.33. The van der Waals surface area contributed by atoms with E-state index in [9.17, 15) is 0 Å². The Labute approximate surface area is 80.0 Å². The first-order valence-corrected chi connectivity index (χ1v) is 4.69. The van der Waals surface area contributed by atoms with Gasteiger partial charge in [-0.05, 0) is 25.9 Å². The molecule has 1 saturated heterocycles. The summed E-state index contributed by atoms with van der Waals surface area (Å²) < 4.78 is 0. The van der Waals surface area contributed by atoms with Crippen molar-refractivity contribution in [1.82, 2.24) is 4.90 Å². The van der Waals surface area contributed by atoms with E-state index in [-0.39, 0.29) is 0 Å². The molecule has 0 atom stereocenters. The molecule has 0 saturated carbocycles. The smallest absolute Gasteiger partial charge is 0.300 e. The van der Waals surface area contributed by atoms with Gasteiger partial charge in [-0.25, -0.2) is 0 Å². The molecule has 1 rings (SSSR count). The first kappa shape index (κ1) is 12.2. The lowest BCUT2D eigenvalue weighted by Gasteiger charge is -2.24. The minimum Gasteiger partial charge on any atom is -0.481 e. The molecule has 3 heteroatoms. The number of carboxylic acid groups (broad SMARTS) is 1. The van der Waals surface area contributed by atoms with E-state index >= 15 is 0 Å². The minimum atomic E-state index is -0.833. The molecule has 0 aliphatic carbocycles. The number of piperidine rings is 1. The van der Waals surface area contributed by atoms with E-state index in [1.165, 1.54) is 32.4 Å². The lowest BCUT2D eigenvalue weighted by molar-refractivity contribution is -0.134. The lowest BCUT2D eigenvalue weighted by atomic mass is 10.1. The van der Waals surface area contributed by atoms with Gasteiger partial charge in [0.2, 0.25) is 0 Å². The van der Waals surface area contributed by atoms with E-state index in [1.54, 1.807) is 0 Å². The summed E-state index contributed by atoms with van der Waals surface area (Å²) in [5.41, 5.74) is 0. The van der Waals surface area contributed by atoms with Crippen LogP contribution < -0.4 is 0 Å². The van der Waals surface area contributed by atoms with Crippen LogP contribution in [0.1, 0.15) is 26.2 Å². The van der Waals surface area contributed by atoms with E-state index in [2.05, 4.69) is 11.5 Å². The Hall–Kier alpha value is -0.830. The minimum absolute atomic E-state index is 0.833. The molecule has 76 valence electrons. The summed E-state index contributed by atoms with van der Waals surface area (Å²) in [6.07, 6.45) is 6.18. The van der Waals surface area contributed by atoms with Crippen LogP contribution in [0.4, 0.5) is 0 Å². The predicted molar refractivity (Wildman–Crippen MR) is 53.8 cm³/mol. The Morgan fingerprint density at radius 2 is 1.92 bits per heavy atom. The third-order valence-electron chi connectivity index (χ3n) is 1.84. The van der Waals surface area contributed by atoms with Crippen molar-refractivity contribution in [3.8, 4) is 0 Å². The number of rotatable bonds is 2. The Morgan fingerprint density at radius 3 is 2.31 bits per heavy atom. The second-order valence-corrected chi connectivity index (χ2v) is 3.17. The predicted octanol–water partition coefficient (Wildman–Crippen LogP) is 1.75. The fraction of sp³-hybridized carbons (Fsp3) is 0.700. The van der Waals surface area contributed by atoms with Crippen molar-refractivity contribution in [3.05, 3.63) is 12.7 Å². The van der Waals surface area contributed by atoms with E-state index in [1.807, 2.05) is 6.08 Å². The Kier molecular flexibility index (Phi) is 7.30. The van der Waals surface area contributed by atoms with Crippen LogP contribution >= 0.6 is 0 Å². The molecule has 1 aliphatic rings. The molecule has 1 aliphatic heterocycles. The number of likely N-dealkylation sites (tertiary alicyclic amines) is 1. The Morgan fingerprint density at radius 1 is 1.46 bits per heavy atom. The maximum atomic E-state index is 9.00. The molecule has 1 heterocycles. The fourth-order valence-electron chi connectivity index (χ4n) is 1.32. The highest BCUT2D eigenvalue weighted by Gasteiger charge is 2.06. The number of carboxylic acids is 1. The van der Waals surface area contributed by atoms with Crippen LogP contribution in [0.15, 0.2) is 12.7 Å². The normalized spacial score (nSPS) is 17.0. The summed E-state index contributed by atoms with van der Waals surface area (Å²) in [6.45, 7) is 8.45. The molecule has 0 aromatic heterocycles. The monoisotopic (exact) mass is 185 g/mol. The number of carbonyl (C=O) groups is 1. The first-order chi connectivity index (χ1) is 6.16. The fourth-order valence-corrected chi connectivity index (χ4v) is 1.32. The summed E-state index contributed by atoms with van der Waals surface area (Å²) in [6, 6.07) is 0. The number of aliphatic carboxylic acids is 1. The standard InChI is InChI=1S/C8H15N.C2H4O2/c1-2-6-9-7-4-3-5-8-9;1-2(3)4/h2H,1,3-8H2;1H3,(H,3,4). The van der Waals surface area contributed by atoms with Crippen molar-refractivity contribution in [2.45, 2.75) is 26.2 Å². The van der Waals surface area contributed by atoms with Gasteiger partial charge in [-0.2, -0.15) is 0 Å². The largest absolute Gasteiger partial charge is 0.481 e. The molecular formula is C10H19NO2. The zero-order valence-corrected chi connectivity index (χ0v) is 8.33. The van der Waals surface area contributed by atoms with Crippen molar-refractivity contribution in [2.75, 3.05) is 19.6 Å². The first-order valence-electron chi connectivity index (χ1n) is 4.69. The van der Waals surface area contributed by atoms with Crippen molar-refractivity contribution in [3.63, 3.8) is 0 Å². The summed E-state index contributed by atoms with van der Waals surface area (Å²) in [5, 5.41) is 7.42. The molecule has 0 spiro atoms. The van der Waals surface area contributed by atoms with E-state index in [4.69, 9.17) is 9.90 Å². The second kappa shape index (κ2) is 7.80. The Bertz CT molecular complexity index is 147. The molecule has 0 unspecified atom stereocenters. The van der Waals surface area contributed by atoms with E-state index in [0.717, 1.165) is 13.5 Å². The molecule has 0 radical (unpaired) electrons. The number of hydrogen-bond donors (Lipinski definition) is 1. The van der Waals surface area contributed by atoms with Crippen LogP contribution in [0.5, 0.6) is 0 Å². The third kappa shape index (κ3) is 9.08. The van der Waals surface area contributed by atoms with Gasteiger partial charge in [0, 0.05) is 13.5 Å². The lowest BCUT2D eigenvalue weighted by Crippen LogP contribution is -2.29. The number of hydrogen-bond acceptors (Lipinski definition) is 2. The van der Waals surface area contributed by atoms with Gasteiger partial charge in [-0.15, -0.1) is 6.58 Å². The summed E-state index contributed by atoms with van der Waals surface area (Å²) in [4.78, 5) is 11.5. The molecule has 0 aromatic rings. The maximum Gasteiger partial charge on any atom is 0.300 e. The van der Waals surface area contributed by atoms with Crippen molar-refractivity contribution in [2.24, 2.45) is 0 Å². The van der Waals surface area contributed by atoms with Crippen LogP contribution in [-0.2, 0) is 4.79 Å². The van der Waals surface area contributed by atoms with Gasteiger partial charge in [0.05, 0.1) is 0 Å². The van der Waals surface area contributed by atoms with Crippen LogP contribution in [-0.4, -0.2) is 35.6 Å². The van der Waals surface area contributed by atoms with Gasteiger partial charge in [0.25, 0.3) is 5.97 Å². The van der Waals surface area contributed by atoms with Crippen LogP contribution in [0, 0.1) is 0 Å². The van der Waals surface area contributed by atoms with E-state index in [0.29, 0.717) is 0 Å². The molecule has 13 heavy (non-hydrogen) atoms. The average Bonchev–Trinajstić information content (AvgIpc) is 2.06. The molecule has 0 aromatic carbocycles. The van der Waals surface area contributed by atoms with Crippen LogP contribution in [0.25, 0.3) is 0 Å². The summed E-state index contributed by atoms with van der Waals surface area (Å²) in [5.74, 6) is -0.833. The van der Waals surface area contributed by atoms with E-state index < -0.39 is 5.97 Å². The molecule has 1 fully saturated rings. The Balaban J connectivity index is 0.000000310. The SMILES string of the molecule is C=CCN1CCCCC1.CC(=O)O. The zero-order chi connectivity index (χ0) is 10.1.